The molecule has 1 atom stereocenters. The number of non-ortho nitro benzene ring substituents is 1. The molecule has 0 unspecified atom stereocenters. The van der Waals surface area contributed by atoms with Crippen LogP contribution in [-0.2, 0) is 4.79 Å². The molecular formula is C16H15ClN2O5. The zero-order valence-electron chi connectivity index (χ0n) is 13.0. The van der Waals surface area contributed by atoms with Crippen LogP contribution in [0.3, 0.4) is 0 Å². The van der Waals surface area contributed by atoms with Crippen molar-refractivity contribution in [2.75, 3.05) is 12.4 Å². The average molecular weight is 351 g/mol. The Morgan fingerprint density at radius 3 is 2.50 bits per heavy atom. The predicted octanol–water partition coefficient (Wildman–Crippen LogP) is 3.66. The molecule has 24 heavy (non-hydrogen) atoms. The number of nitrogens with one attached hydrogen (secondary N) is 1. The Morgan fingerprint density at radius 2 is 1.92 bits per heavy atom. The van der Waals surface area contributed by atoms with Gasteiger partial charge >= 0.3 is 0 Å². The molecule has 0 heterocycles. The smallest absolute Gasteiger partial charge is 0.273 e. The number of nitrogens with zero attached hydrogens (tertiary/aromatic N) is 1. The second-order valence-corrected chi connectivity index (χ2v) is 5.28. The molecule has 0 bridgehead atoms. The van der Waals surface area contributed by atoms with Gasteiger partial charge in [-0.25, -0.2) is 0 Å². The van der Waals surface area contributed by atoms with Gasteiger partial charge in [-0.1, -0.05) is 11.6 Å². The SMILES string of the molecule is COc1cc([N+](=O)[O-])ccc1NC(=O)[C@H](C)Oc1ccc(Cl)cc1. The summed E-state index contributed by atoms with van der Waals surface area (Å²) in [6.45, 7) is 1.59. The Morgan fingerprint density at radius 1 is 1.25 bits per heavy atom. The number of hydrogen-bond acceptors (Lipinski definition) is 5. The van der Waals surface area contributed by atoms with Crippen LogP contribution in [0.4, 0.5) is 11.4 Å². The zero-order valence-corrected chi connectivity index (χ0v) is 13.7. The average Bonchev–Trinajstić information content (AvgIpc) is 2.56. The fourth-order valence-electron chi connectivity index (χ4n) is 1.90. The van der Waals surface area contributed by atoms with Gasteiger partial charge in [-0.15, -0.1) is 0 Å². The van der Waals surface area contributed by atoms with Crippen LogP contribution in [0, 0.1) is 10.1 Å². The van der Waals surface area contributed by atoms with Gasteiger partial charge in [0.2, 0.25) is 0 Å². The number of ether oxygens (including phenoxy) is 2. The number of benzene rings is 2. The van der Waals surface area contributed by atoms with E-state index in [0.29, 0.717) is 16.5 Å². The third kappa shape index (κ3) is 4.36. The van der Waals surface area contributed by atoms with Crippen LogP contribution in [0.5, 0.6) is 11.5 Å². The molecule has 126 valence electrons. The molecule has 0 radical (unpaired) electrons. The van der Waals surface area contributed by atoms with E-state index in [1.165, 1.54) is 25.3 Å². The second kappa shape index (κ2) is 7.65. The van der Waals surface area contributed by atoms with Gasteiger partial charge in [-0.05, 0) is 37.3 Å². The van der Waals surface area contributed by atoms with Gasteiger partial charge in [-0.3, -0.25) is 14.9 Å². The van der Waals surface area contributed by atoms with Crippen molar-refractivity contribution in [3.05, 3.63) is 57.6 Å². The fraction of sp³-hybridized carbons (Fsp3) is 0.188. The van der Waals surface area contributed by atoms with Crippen molar-refractivity contribution in [1.29, 1.82) is 0 Å². The molecule has 7 nitrogen and oxygen atoms in total. The van der Waals surface area contributed by atoms with Gasteiger partial charge in [0, 0.05) is 11.1 Å². The van der Waals surface area contributed by atoms with E-state index in [4.69, 9.17) is 21.1 Å². The van der Waals surface area contributed by atoms with E-state index in [1.807, 2.05) is 0 Å². The van der Waals surface area contributed by atoms with Gasteiger partial charge in [-0.2, -0.15) is 0 Å². The van der Waals surface area contributed by atoms with E-state index in [1.54, 1.807) is 31.2 Å². The van der Waals surface area contributed by atoms with Crippen molar-refractivity contribution in [1.82, 2.24) is 0 Å². The van der Waals surface area contributed by atoms with Gasteiger partial charge < -0.3 is 14.8 Å². The minimum atomic E-state index is -0.786. The summed E-state index contributed by atoms with van der Waals surface area (Å²) in [4.78, 5) is 22.4. The maximum absolute atomic E-state index is 12.2. The normalized spacial score (nSPS) is 11.5. The summed E-state index contributed by atoms with van der Waals surface area (Å²) < 4.78 is 10.6. The monoisotopic (exact) mass is 350 g/mol. The molecule has 0 aliphatic heterocycles. The van der Waals surface area contributed by atoms with E-state index in [0.717, 1.165) is 0 Å². The van der Waals surface area contributed by atoms with Crippen molar-refractivity contribution in [3.63, 3.8) is 0 Å². The van der Waals surface area contributed by atoms with Crippen LogP contribution in [-0.4, -0.2) is 24.0 Å². The van der Waals surface area contributed by atoms with E-state index in [-0.39, 0.29) is 11.4 Å². The number of carbonyl (C=O) groups is 1. The quantitative estimate of drug-likeness (QED) is 0.634. The zero-order chi connectivity index (χ0) is 17.7. The Balaban J connectivity index is 2.08. The minimum Gasteiger partial charge on any atom is -0.494 e. The highest BCUT2D eigenvalue weighted by Crippen LogP contribution is 2.29. The molecule has 2 aromatic rings. The summed E-state index contributed by atoms with van der Waals surface area (Å²) in [5, 5.41) is 14.0. The van der Waals surface area contributed by atoms with Crippen LogP contribution in [0.15, 0.2) is 42.5 Å². The van der Waals surface area contributed by atoms with E-state index in [2.05, 4.69) is 5.32 Å². The Bertz CT molecular complexity index is 749. The minimum absolute atomic E-state index is 0.129. The second-order valence-electron chi connectivity index (χ2n) is 4.84. The first kappa shape index (κ1) is 17.6. The van der Waals surface area contributed by atoms with Crippen molar-refractivity contribution in [2.45, 2.75) is 13.0 Å². The Labute approximate surface area is 143 Å². The first-order chi connectivity index (χ1) is 11.4. The summed E-state index contributed by atoms with van der Waals surface area (Å²) in [5.41, 5.74) is 0.190. The van der Waals surface area contributed by atoms with Gasteiger partial charge in [0.15, 0.2) is 6.10 Å². The van der Waals surface area contributed by atoms with Crippen LogP contribution >= 0.6 is 11.6 Å². The topological polar surface area (TPSA) is 90.7 Å². The van der Waals surface area contributed by atoms with Crippen LogP contribution in [0.25, 0.3) is 0 Å². The number of hydrogen-bond donors (Lipinski definition) is 1. The number of halogens is 1. The molecule has 0 aliphatic rings. The molecule has 0 aliphatic carbocycles. The highest BCUT2D eigenvalue weighted by atomic mass is 35.5. The lowest BCUT2D eigenvalue weighted by molar-refractivity contribution is -0.384. The number of carbonyl (C=O) groups excluding carboxylic acids is 1. The van der Waals surface area contributed by atoms with Gasteiger partial charge in [0.05, 0.1) is 23.8 Å². The number of methoxy groups -OCH3 is 1. The summed E-state index contributed by atoms with van der Waals surface area (Å²) >= 11 is 5.79. The lowest BCUT2D eigenvalue weighted by atomic mass is 10.2. The highest BCUT2D eigenvalue weighted by Gasteiger charge is 2.18. The third-order valence-corrected chi connectivity index (χ3v) is 3.40. The van der Waals surface area contributed by atoms with Crippen molar-refractivity contribution in [2.24, 2.45) is 0 Å². The first-order valence-electron chi connectivity index (χ1n) is 6.96. The van der Waals surface area contributed by atoms with E-state index >= 15 is 0 Å². The molecule has 0 fully saturated rings. The van der Waals surface area contributed by atoms with Crippen molar-refractivity contribution >= 4 is 28.9 Å². The molecule has 2 rings (SSSR count). The molecule has 1 amide bonds. The van der Waals surface area contributed by atoms with Gasteiger partial charge in [0.25, 0.3) is 11.6 Å². The number of rotatable bonds is 6. The fourth-order valence-corrected chi connectivity index (χ4v) is 2.03. The number of amides is 1. The lowest BCUT2D eigenvalue weighted by Crippen LogP contribution is -2.30. The third-order valence-electron chi connectivity index (χ3n) is 3.15. The van der Waals surface area contributed by atoms with E-state index in [9.17, 15) is 14.9 Å². The summed E-state index contributed by atoms with van der Waals surface area (Å²) in [6, 6.07) is 10.5. The molecule has 0 saturated carbocycles. The number of anilines is 1. The highest BCUT2D eigenvalue weighted by molar-refractivity contribution is 6.30. The number of nitro groups is 1. The van der Waals surface area contributed by atoms with Gasteiger partial charge in [0.1, 0.15) is 11.5 Å². The van der Waals surface area contributed by atoms with E-state index < -0.39 is 16.9 Å². The Hall–Kier alpha value is -2.80. The standard InChI is InChI=1S/C16H15ClN2O5/c1-10(24-13-6-3-11(17)4-7-13)16(20)18-14-8-5-12(19(21)22)9-15(14)23-2/h3-10H,1-2H3,(H,18,20)/t10-/m0/s1. The maximum Gasteiger partial charge on any atom is 0.273 e. The molecule has 1 N–H and O–H groups in total. The van der Waals surface area contributed by atoms with Crippen LogP contribution < -0.4 is 14.8 Å². The van der Waals surface area contributed by atoms with Crippen LogP contribution in [0.2, 0.25) is 5.02 Å². The predicted molar refractivity (Wildman–Crippen MR) is 89.8 cm³/mol. The maximum atomic E-state index is 12.2. The molecular weight excluding hydrogens is 336 g/mol. The molecule has 8 heteroatoms. The summed E-state index contributed by atoms with van der Waals surface area (Å²) in [5.74, 6) is 0.270. The molecule has 0 aromatic heterocycles. The van der Waals surface area contributed by atoms with Crippen molar-refractivity contribution in [3.8, 4) is 11.5 Å². The molecule has 0 spiro atoms. The summed E-state index contributed by atoms with van der Waals surface area (Å²) in [7, 11) is 1.36. The van der Waals surface area contributed by atoms with Crippen LogP contribution in [0.1, 0.15) is 6.92 Å². The Kier molecular flexibility index (Phi) is 5.59. The molecule has 2 aromatic carbocycles. The first-order valence-corrected chi connectivity index (χ1v) is 7.34. The largest absolute Gasteiger partial charge is 0.494 e. The molecule has 0 saturated heterocycles. The van der Waals surface area contributed by atoms with Crippen molar-refractivity contribution < 1.29 is 19.2 Å². The lowest BCUT2D eigenvalue weighted by Gasteiger charge is -2.16. The number of nitro benzene ring substituents is 1. The summed E-state index contributed by atoms with van der Waals surface area (Å²) in [6.07, 6.45) is -0.786.